The maximum atomic E-state index is 12.3. The first-order chi connectivity index (χ1) is 9.43. The topological polar surface area (TPSA) is 57.0 Å². The van der Waals surface area contributed by atoms with Crippen LogP contribution in [0.1, 0.15) is 33.0 Å². The Hall–Kier alpha value is -2.17. The van der Waals surface area contributed by atoms with E-state index in [1.165, 1.54) is 0 Å². The number of carbonyl (C=O) groups excluding carboxylic acids is 1. The molecule has 20 heavy (non-hydrogen) atoms. The van der Waals surface area contributed by atoms with Gasteiger partial charge in [0.2, 0.25) is 0 Å². The van der Waals surface area contributed by atoms with Gasteiger partial charge in [-0.3, -0.25) is 14.5 Å². The van der Waals surface area contributed by atoms with Crippen molar-refractivity contribution in [2.24, 2.45) is 7.05 Å². The standard InChI is InChI=1S/C15H19N3O2/c1-9-8-16-12(11(3)15(9)20-5)7-14(19)13-6-10(2)17-18(13)4/h6,8H,7H2,1-5H3. The predicted octanol–water partition coefficient (Wildman–Crippen LogP) is 2.17. The van der Waals surface area contributed by atoms with Crippen molar-refractivity contribution in [1.82, 2.24) is 14.8 Å². The molecule has 0 aliphatic rings. The van der Waals surface area contributed by atoms with E-state index in [-0.39, 0.29) is 12.2 Å². The van der Waals surface area contributed by atoms with Crippen LogP contribution in [-0.2, 0) is 13.5 Å². The lowest BCUT2D eigenvalue weighted by Gasteiger charge is -2.11. The molecular formula is C15H19N3O2. The highest BCUT2D eigenvalue weighted by Crippen LogP contribution is 2.24. The summed E-state index contributed by atoms with van der Waals surface area (Å²) in [6.45, 7) is 5.74. The molecule has 0 aliphatic carbocycles. The fourth-order valence-electron chi connectivity index (χ4n) is 2.36. The van der Waals surface area contributed by atoms with Crippen LogP contribution < -0.4 is 4.74 Å². The van der Waals surface area contributed by atoms with Gasteiger partial charge in [0.25, 0.3) is 0 Å². The number of nitrogens with zero attached hydrogens (tertiary/aromatic N) is 3. The summed E-state index contributed by atoms with van der Waals surface area (Å²) >= 11 is 0. The number of carbonyl (C=O) groups is 1. The molecule has 2 aromatic rings. The van der Waals surface area contributed by atoms with Crippen molar-refractivity contribution >= 4 is 5.78 Å². The van der Waals surface area contributed by atoms with Crippen LogP contribution in [0.2, 0.25) is 0 Å². The molecule has 0 aromatic carbocycles. The molecule has 0 fully saturated rings. The molecule has 0 saturated heterocycles. The van der Waals surface area contributed by atoms with E-state index < -0.39 is 0 Å². The van der Waals surface area contributed by atoms with Crippen LogP contribution in [0.3, 0.4) is 0 Å². The van der Waals surface area contributed by atoms with Gasteiger partial charge in [-0.25, -0.2) is 0 Å². The van der Waals surface area contributed by atoms with E-state index >= 15 is 0 Å². The number of hydrogen-bond acceptors (Lipinski definition) is 4. The van der Waals surface area contributed by atoms with Crippen molar-refractivity contribution in [3.05, 3.63) is 40.5 Å². The highest BCUT2D eigenvalue weighted by atomic mass is 16.5. The van der Waals surface area contributed by atoms with Crippen LogP contribution in [0.25, 0.3) is 0 Å². The minimum atomic E-state index is 0.00889. The van der Waals surface area contributed by atoms with E-state index in [0.717, 1.165) is 28.3 Å². The van der Waals surface area contributed by atoms with Crippen molar-refractivity contribution in [3.8, 4) is 5.75 Å². The first-order valence-electron chi connectivity index (χ1n) is 6.47. The quantitative estimate of drug-likeness (QED) is 0.801. The Morgan fingerprint density at radius 1 is 1.35 bits per heavy atom. The summed E-state index contributed by atoms with van der Waals surface area (Å²) in [5, 5.41) is 4.19. The van der Waals surface area contributed by atoms with E-state index in [1.54, 1.807) is 31.1 Å². The van der Waals surface area contributed by atoms with Gasteiger partial charge in [-0.2, -0.15) is 5.10 Å². The summed E-state index contributed by atoms with van der Waals surface area (Å²) in [5.74, 6) is 0.804. The fraction of sp³-hybridized carbons (Fsp3) is 0.400. The molecule has 0 N–H and O–H groups in total. The molecule has 106 valence electrons. The van der Waals surface area contributed by atoms with Gasteiger partial charge in [0.05, 0.1) is 24.9 Å². The van der Waals surface area contributed by atoms with Gasteiger partial charge in [0, 0.05) is 24.4 Å². The molecule has 2 aromatic heterocycles. The Labute approximate surface area is 118 Å². The number of aryl methyl sites for hydroxylation is 3. The van der Waals surface area contributed by atoms with E-state index in [9.17, 15) is 4.79 Å². The number of Topliss-reactive ketones (excluding diaryl/α,β-unsaturated/α-hetero) is 1. The molecule has 0 saturated carbocycles. The Morgan fingerprint density at radius 2 is 2.05 bits per heavy atom. The third kappa shape index (κ3) is 2.57. The predicted molar refractivity (Wildman–Crippen MR) is 76.2 cm³/mol. The molecule has 5 heteroatoms. The van der Waals surface area contributed by atoms with Crippen molar-refractivity contribution in [2.75, 3.05) is 7.11 Å². The molecule has 0 amide bonds. The third-order valence-corrected chi connectivity index (χ3v) is 3.37. The lowest BCUT2D eigenvalue weighted by molar-refractivity contribution is 0.0982. The minimum Gasteiger partial charge on any atom is -0.496 e. The van der Waals surface area contributed by atoms with E-state index in [2.05, 4.69) is 10.1 Å². The Bertz CT molecular complexity index is 659. The van der Waals surface area contributed by atoms with E-state index in [0.29, 0.717) is 5.69 Å². The normalized spacial score (nSPS) is 10.7. The first kappa shape index (κ1) is 14.2. The number of methoxy groups -OCH3 is 1. The van der Waals surface area contributed by atoms with Crippen LogP contribution in [0, 0.1) is 20.8 Å². The van der Waals surface area contributed by atoms with Crippen molar-refractivity contribution in [2.45, 2.75) is 27.2 Å². The summed E-state index contributed by atoms with van der Waals surface area (Å²) in [5.41, 5.74) is 4.07. The van der Waals surface area contributed by atoms with Crippen LogP contribution >= 0.6 is 0 Å². The zero-order valence-electron chi connectivity index (χ0n) is 12.5. The van der Waals surface area contributed by atoms with Crippen LogP contribution in [0.15, 0.2) is 12.3 Å². The van der Waals surface area contributed by atoms with Crippen LogP contribution in [0.4, 0.5) is 0 Å². The summed E-state index contributed by atoms with van der Waals surface area (Å²) in [6, 6.07) is 1.79. The fourth-order valence-corrected chi connectivity index (χ4v) is 2.36. The Kier molecular flexibility index (Phi) is 3.88. The van der Waals surface area contributed by atoms with Crippen molar-refractivity contribution in [3.63, 3.8) is 0 Å². The molecular weight excluding hydrogens is 254 g/mol. The SMILES string of the molecule is COc1c(C)cnc(CC(=O)c2cc(C)nn2C)c1C. The second kappa shape index (κ2) is 5.45. The lowest BCUT2D eigenvalue weighted by Crippen LogP contribution is -2.12. The minimum absolute atomic E-state index is 0.00889. The average Bonchev–Trinajstić information content (AvgIpc) is 2.73. The molecule has 0 spiro atoms. The molecule has 0 bridgehead atoms. The van der Waals surface area contributed by atoms with Gasteiger partial charge in [0.1, 0.15) is 11.4 Å². The highest BCUT2D eigenvalue weighted by molar-refractivity contribution is 5.96. The maximum Gasteiger partial charge on any atom is 0.186 e. The van der Waals surface area contributed by atoms with Gasteiger partial charge < -0.3 is 4.74 Å². The molecule has 0 atom stereocenters. The molecule has 2 rings (SSSR count). The van der Waals surface area contributed by atoms with Gasteiger partial charge in [0.15, 0.2) is 5.78 Å². The van der Waals surface area contributed by atoms with Crippen molar-refractivity contribution in [1.29, 1.82) is 0 Å². The largest absolute Gasteiger partial charge is 0.496 e. The summed E-state index contributed by atoms with van der Waals surface area (Å²) < 4.78 is 6.97. The Morgan fingerprint density at radius 3 is 2.60 bits per heavy atom. The number of ether oxygens (including phenoxy) is 1. The zero-order valence-corrected chi connectivity index (χ0v) is 12.5. The van der Waals surface area contributed by atoms with Crippen LogP contribution in [-0.4, -0.2) is 27.7 Å². The summed E-state index contributed by atoms with van der Waals surface area (Å²) in [6.07, 6.45) is 1.99. The van der Waals surface area contributed by atoms with Gasteiger partial charge in [-0.15, -0.1) is 0 Å². The zero-order chi connectivity index (χ0) is 14.9. The first-order valence-corrected chi connectivity index (χ1v) is 6.47. The Balaban J connectivity index is 2.31. The molecule has 0 unspecified atom stereocenters. The smallest absolute Gasteiger partial charge is 0.186 e. The van der Waals surface area contributed by atoms with Gasteiger partial charge >= 0.3 is 0 Å². The monoisotopic (exact) mass is 273 g/mol. The summed E-state index contributed by atoms with van der Waals surface area (Å²) in [7, 11) is 3.40. The number of rotatable bonds is 4. The number of ketones is 1. The second-order valence-electron chi connectivity index (χ2n) is 4.94. The highest BCUT2D eigenvalue weighted by Gasteiger charge is 2.17. The van der Waals surface area contributed by atoms with Gasteiger partial charge in [-0.1, -0.05) is 0 Å². The number of aromatic nitrogens is 3. The lowest BCUT2D eigenvalue weighted by atomic mass is 10.1. The van der Waals surface area contributed by atoms with Crippen LogP contribution in [0.5, 0.6) is 5.75 Å². The molecule has 5 nitrogen and oxygen atoms in total. The molecule has 0 aliphatic heterocycles. The molecule has 2 heterocycles. The van der Waals surface area contributed by atoms with Gasteiger partial charge in [-0.05, 0) is 26.8 Å². The third-order valence-electron chi connectivity index (χ3n) is 3.37. The second-order valence-corrected chi connectivity index (χ2v) is 4.94. The van der Waals surface area contributed by atoms with Crippen molar-refractivity contribution < 1.29 is 9.53 Å². The van der Waals surface area contributed by atoms with E-state index in [4.69, 9.17) is 4.74 Å². The number of hydrogen-bond donors (Lipinski definition) is 0. The average molecular weight is 273 g/mol. The summed E-state index contributed by atoms with van der Waals surface area (Å²) in [4.78, 5) is 16.7. The maximum absolute atomic E-state index is 12.3. The molecule has 0 radical (unpaired) electrons. The van der Waals surface area contributed by atoms with E-state index in [1.807, 2.05) is 20.8 Å². The number of pyridine rings is 1.